The van der Waals surface area contributed by atoms with E-state index in [1.807, 2.05) is 0 Å². The van der Waals surface area contributed by atoms with Gasteiger partial charge in [-0.05, 0) is 43.3 Å². The SMILES string of the molecule is Cc1nc(-c2cc(S(=O)(=O)Nc3ccc(C#N)cc3F)c[nH]2)ccc1F. The van der Waals surface area contributed by atoms with Crippen molar-refractivity contribution in [2.24, 2.45) is 0 Å². The average Bonchev–Trinajstić information content (AvgIpc) is 3.10. The third-order valence-corrected chi connectivity index (χ3v) is 4.95. The summed E-state index contributed by atoms with van der Waals surface area (Å²) in [6.45, 7) is 1.49. The largest absolute Gasteiger partial charge is 0.359 e. The van der Waals surface area contributed by atoms with E-state index in [4.69, 9.17) is 5.26 Å². The Balaban J connectivity index is 1.90. The Morgan fingerprint density at radius 1 is 1.15 bits per heavy atom. The number of aromatic nitrogens is 2. The van der Waals surface area contributed by atoms with Crippen LogP contribution in [0, 0.1) is 29.9 Å². The molecule has 2 heterocycles. The second-order valence-electron chi connectivity index (χ2n) is 5.42. The van der Waals surface area contributed by atoms with E-state index >= 15 is 0 Å². The van der Waals surface area contributed by atoms with Crippen LogP contribution in [-0.4, -0.2) is 18.4 Å². The summed E-state index contributed by atoms with van der Waals surface area (Å²) in [5.74, 6) is -1.33. The van der Waals surface area contributed by atoms with Crippen molar-refractivity contribution in [3.63, 3.8) is 0 Å². The minimum atomic E-state index is -4.07. The summed E-state index contributed by atoms with van der Waals surface area (Å²) in [6, 6.07) is 9.13. The van der Waals surface area contributed by atoms with Gasteiger partial charge >= 0.3 is 0 Å². The van der Waals surface area contributed by atoms with Crippen LogP contribution in [0.3, 0.4) is 0 Å². The minimum absolute atomic E-state index is 0.0760. The first kappa shape index (κ1) is 17.6. The van der Waals surface area contributed by atoms with Gasteiger partial charge in [-0.15, -0.1) is 0 Å². The van der Waals surface area contributed by atoms with Crippen LogP contribution in [0.2, 0.25) is 0 Å². The lowest BCUT2D eigenvalue weighted by atomic mass is 10.2. The highest BCUT2D eigenvalue weighted by Crippen LogP contribution is 2.24. The van der Waals surface area contributed by atoms with Gasteiger partial charge in [0.05, 0.1) is 34.4 Å². The molecule has 1 aromatic carbocycles. The summed E-state index contributed by atoms with van der Waals surface area (Å²) in [7, 11) is -4.07. The highest BCUT2D eigenvalue weighted by molar-refractivity contribution is 7.92. The highest BCUT2D eigenvalue weighted by Gasteiger charge is 2.19. The third kappa shape index (κ3) is 3.41. The molecule has 2 aromatic heterocycles. The first-order chi connectivity index (χ1) is 12.3. The van der Waals surface area contributed by atoms with Gasteiger partial charge in [-0.3, -0.25) is 4.72 Å². The fourth-order valence-corrected chi connectivity index (χ4v) is 3.30. The Kier molecular flexibility index (Phi) is 4.44. The predicted molar refractivity (Wildman–Crippen MR) is 90.6 cm³/mol. The van der Waals surface area contributed by atoms with Crippen LogP contribution in [0.4, 0.5) is 14.5 Å². The van der Waals surface area contributed by atoms with E-state index in [1.165, 1.54) is 43.5 Å². The van der Waals surface area contributed by atoms with E-state index in [0.29, 0.717) is 11.4 Å². The van der Waals surface area contributed by atoms with Gasteiger partial charge in [-0.1, -0.05) is 0 Å². The van der Waals surface area contributed by atoms with E-state index < -0.39 is 21.7 Å². The lowest BCUT2D eigenvalue weighted by Crippen LogP contribution is -2.13. The summed E-state index contributed by atoms with van der Waals surface area (Å²) in [5, 5.41) is 8.72. The summed E-state index contributed by atoms with van der Waals surface area (Å²) in [4.78, 5) is 6.66. The third-order valence-electron chi connectivity index (χ3n) is 3.61. The van der Waals surface area contributed by atoms with Gasteiger partial charge < -0.3 is 4.98 Å². The van der Waals surface area contributed by atoms with E-state index in [2.05, 4.69) is 14.7 Å². The monoisotopic (exact) mass is 374 g/mol. The Hall–Kier alpha value is -3.25. The van der Waals surface area contributed by atoms with Gasteiger partial charge in [0, 0.05) is 6.20 Å². The fourth-order valence-electron chi connectivity index (χ4n) is 2.24. The Bertz CT molecular complexity index is 1130. The van der Waals surface area contributed by atoms with Crippen molar-refractivity contribution in [1.29, 1.82) is 5.26 Å². The van der Waals surface area contributed by atoms with Crippen LogP contribution in [0.25, 0.3) is 11.4 Å². The number of hydrogen-bond acceptors (Lipinski definition) is 4. The molecule has 2 N–H and O–H groups in total. The number of aryl methyl sites for hydroxylation is 1. The number of anilines is 1. The molecule has 6 nitrogen and oxygen atoms in total. The van der Waals surface area contributed by atoms with Crippen LogP contribution < -0.4 is 4.72 Å². The average molecular weight is 374 g/mol. The molecule has 0 aliphatic carbocycles. The topological polar surface area (TPSA) is 98.6 Å². The number of rotatable bonds is 4. The van der Waals surface area contributed by atoms with Crippen molar-refractivity contribution >= 4 is 15.7 Å². The molecule has 26 heavy (non-hydrogen) atoms. The Labute approximate surface area is 148 Å². The van der Waals surface area contributed by atoms with E-state index in [0.717, 1.165) is 6.07 Å². The molecule has 0 spiro atoms. The molecule has 0 radical (unpaired) electrons. The molecule has 0 aliphatic rings. The molecular formula is C17H12F2N4O2S. The number of pyridine rings is 1. The van der Waals surface area contributed by atoms with Gasteiger partial charge in [0.15, 0.2) is 0 Å². The van der Waals surface area contributed by atoms with Crippen LogP contribution in [0.5, 0.6) is 0 Å². The molecule has 3 rings (SSSR count). The zero-order valence-electron chi connectivity index (χ0n) is 13.4. The van der Waals surface area contributed by atoms with Crippen LogP contribution in [-0.2, 0) is 10.0 Å². The number of nitriles is 1. The van der Waals surface area contributed by atoms with Crippen molar-refractivity contribution in [2.75, 3.05) is 4.72 Å². The maximum atomic E-state index is 13.9. The molecule has 3 aromatic rings. The molecule has 0 unspecified atom stereocenters. The first-order valence-electron chi connectivity index (χ1n) is 7.34. The summed E-state index contributed by atoms with van der Waals surface area (Å²) >= 11 is 0. The lowest BCUT2D eigenvalue weighted by Gasteiger charge is -2.07. The summed E-state index contributed by atoms with van der Waals surface area (Å²) in [6.07, 6.45) is 1.22. The lowest BCUT2D eigenvalue weighted by molar-refractivity contribution is 0.598. The second kappa shape index (κ2) is 6.57. The first-order valence-corrected chi connectivity index (χ1v) is 8.83. The van der Waals surface area contributed by atoms with Gasteiger partial charge in [0.25, 0.3) is 10.0 Å². The van der Waals surface area contributed by atoms with Gasteiger partial charge in [0.1, 0.15) is 16.5 Å². The summed E-state index contributed by atoms with van der Waals surface area (Å²) in [5.41, 5.74) is 0.720. The van der Waals surface area contributed by atoms with E-state index in [9.17, 15) is 17.2 Å². The maximum absolute atomic E-state index is 13.9. The van der Waals surface area contributed by atoms with Crippen LogP contribution in [0.15, 0.2) is 47.5 Å². The van der Waals surface area contributed by atoms with Gasteiger partial charge in [-0.2, -0.15) is 5.26 Å². The van der Waals surface area contributed by atoms with Gasteiger partial charge in [0.2, 0.25) is 0 Å². The molecule has 0 fully saturated rings. The summed E-state index contributed by atoms with van der Waals surface area (Å²) < 4.78 is 54.2. The molecule has 0 saturated carbocycles. The van der Waals surface area contributed by atoms with Crippen LogP contribution in [0.1, 0.15) is 11.3 Å². The number of sulfonamides is 1. The standard InChI is InChI=1S/C17H12F2N4O2S/c1-10-13(18)3-5-16(22-10)17-7-12(9-21-17)26(24,25)23-15-4-2-11(8-20)6-14(15)19/h2-7,9,21,23H,1H3. The smallest absolute Gasteiger partial charge is 0.263 e. The van der Waals surface area contributed by atoms with Crippen molar-refractivity contribution in [3.05, 3.63) is 65.5 Å². The van der Waals surface area contributed by atoms with Crippen LogP contribution >= 0.6 is 0 Å². The van der Waals surface area contributed by atoms with Crippen molar-refractivity contribution < 1.29 is 17.2 Å². The molecule has 0 amide bonds. The highest BCUT2D eigenvalue weighted by atomic mass is 32.2. The number of nitrogens with one attached hydrogen (secondary N) is 2. The zero-order chi connectivity index (χ0) is 18.9. The number of H-pyrrole nitrogens is 1. The minimum Gasteiger partial charge on any atom is -0.359 e. The number of halogens is 2. The quantitative estimate of drug-likeness (QED) is 0.732. The van der Waals surface area contributed by atoms with Crippen molar-refractivity contribution in [2.45, 2.75) is 11.8 Å². The fraction of sp³-hybridized carbons (Fsp3) is 0.0588. The zero-order valence-corrected chi connectivity index (χ0v) is 14.2. The number of aromatic amines is 1. The molecule has 9 heteroatoms. The van der Waals surface area contributed by atoms with Crippen molar-refractivity contribution in [3.8, 4) is 17.5 Å². The molecule has 0 atom stereocenters. The Morgan fingerprint density at radius 3 is 2.58 bits per heavy atom. The Morgan fingerprint density at radius 2 is 1.92 bits per heavy atom. The number of benzene rings is 1. The van der Waals surface area contributed by atoms with Gasteiger partial charge in [-0.25, -0.2) is 22.2 Å². The molecule has 132 valence electrons. The predicted octanol–water partition coefficient (Wildman–Crippen LogP) is 3.34. The second-order valence-corrected chi connectivity index (χ2v) is 7.11. The maximum Gasteiger partial charge on any atom is 0.263 e. The normalized spacial score (nSPS) is 11.2. The molecule has 0 aliphatic heterocycles. The molecule has 0 bridgehead atoms. The van der Waals surface area contributed by atoms with E-state index in [-0.39, 0.29) is 21.8 Å². The van der Waals surface area contributed by atoms with Crippen molar-refractivity contribution in [1.82, 2.24) is 9.97 Å². The molecule has 0 saturated heterocycles. The molecular weight excluding hydrogens is 362 g/mol. The number of nitrogens with zero attached hydrogens (tertiary/aromatic N) is 2. The van der Waals surface area contributed by atoms with E-state index in [1.54, 1.807) is 6.07 Å². The number of hydrogen-bond donors (Lipinski definition) is 2.